The average Bonchev–Trinajstić information content (AvgIpc) is 3.17. The molecule has 2 aromatic heterocycles. The molecule has 2 N–H and O–H groups in total. The Hall–Kier alpha value is -3.20. The molecule has 0 spiro atoms. The molecule has 4 rings (SSSR count). The Morgan fingerprint density at radius 1 is 1.18 bits per heavy atom. The van der Waals surface area contributed by atoms with Crippen LogP contribution in [0, 0.1) is 5.92 Å². The normalized spacial score (nSPS) is 19.2. The number of anilines is 1. The standard InChI is InChI=1S/C25H28F2N4O3/c1-24(2,34)18-13-21-17(12-20(18)29-23(33)19-6-4-5-11-28-19)22(25(3,26)27)30-31(21)16-9-7-15(14-32)8-10-16/h4-6,11-16,34H,7-10H2,1-3H3,(H,29,33). The van der Waals surface area contributed by atoms with Gasteiger partial charge in [-0.15, -0.1) is 0 Å². The topological polar surface area (TPSA) is 97.1 Å². The zero-order valence-electron chi connectivity index (χ0n) is 19.4. The molecule has 1 fully saturated rings. The molecule has 1 saturated carbocycles. The quantitative estimate of drug-likeness (QED) is 0.497. The second-order valence-electron chi connectivity index (χ2n) is 9.53. The van der Waals surface area contributed by atoms with E-state index in [-0.39, 0.29) is 28.7 Å². The van der Waals surface area contributed by atoms with Crippen LogP contribution in [0.25, 0.3) is 10.9 Å². The summed E-state index contributed by atoms with van der Waals surface area (Å²) < 4.78 is 30.8. The summed E-state index contributed by atoms with van der Waals surface area (Å²) in [6, 6.07) is 7.82. The largest absolute Gasteiger partial charge is 0.386 e. The van der Waals surface area contributed by atoms with E-state index in [0.717, 1.165) is 13.2 Å². The van der Waals surface area contributed by atoms with Gasteiger partial charge in [-0.3, -0.25) is 14.5 Å². The number of pyridine rings is 1. The summed E-state index contributed by atoms with van der Waals surface area (Å²) in [6.07, 6.45) is 5.06. The maximum atomic E-state index is 14.6. The van der Waals surface area contributed by atoms with Crippen molar-refractivity contribution >= 4 is 28.8 Å². The van der Waals surface area contributed by atoms with Crippen molar-refractivity contribution in [3.05, 3.63) is 53.5 Å². The number of aromatic nitrogens is 3. The lowest BCUT2D eigenvalue weighted by atomic mass is 9.87. The number of amides is 1. The van der Waals surface area contributed by atoms with Gasteiger partial charge in [-0.05, 0) is 63.8 Å². The predicted molar refractivity (Wildman–Crippen MR) is 124 cm³/mol. The van der Waals surface area contributed by atoms with Crippen molar-refractivity contribution in [1.82, 2.24) is 14.8 Å². The third-order valence-corrected chi connectivity index (χ3v) is 6.35. The van der Waals surface area contributed by atoms with E-state index in [0.29, 0.717) is 36.8 Å². The maximum absolute atomic E-state index is 14.6. The first-order valence-corrected chi connectivity index (χ1v) is 11.3. The molecule has 1 amide bonds. The molecule has 180 valence electrons. The number of nitrogens with one attached hydrogen (secondary N) is 1. The highest BCUT2D eigenvalue weighted by Gasteiger charge is 2.35. The fraction of sp³-hybridized carbons (Fsp3) is 0.440. The van der Waals surface area contributed by atoms with Crippen molar-refractivity contribution < 1.29 is 23.5 Å². The monoisotopic (exact) mass is 470 g/mol. The van der Waals surface area contributed by atoms with Crippen molar-refractivity contribution in [1.29, 1.82) is 0 Å². The fourth-order valence-electron chi connectivity index (χ4n) is 4.56. The molecule has 0 radical (unpaired) electrons. The number of benzene rings is 1. The number of rotatable bonds is 6. The van der Waals surface area contributed by atoms with Gasteiger partial charge in [-0.2, -0.15) is 13.9 Å². The van der Waals surface area contributed by atoms with Gasteiger partial charge in [0.05, 0.1) is 17.2 Å². The van der Waals surface area contributed by atoms with Crippen LogP contribution in [-0.4, -0.2) is 32.1 Å². The van der Waals surface area contributed by atoms with Crippen molar-refractivity contribution in [3.63, 3.8) is 0 Å². The predicted octanol–water partition coefficient (Wildman–Crippen LogP) is 4.95. The molecule has 9 heteroatoms. The molecule has 3 aromatic rings. The number of halogens is 2. The minimum atomic E-state index is -3.22. The number of hydrogen-bond acceptors (Lipinski definition) is 5. The molecule has 7 nitrogen and oxygen atoms in total. The Labute approximate surface area is 196 Å². The molecule has 1 aliphatic carbocycles. The summed E-state index contributed by atoms with van der Waals surface area (Å²) in [5.74, 6) is -3.76. The zero-order chi connectivity index (χ0) is 24.7. The third-order valence-electron chi connectivity index (χ3n) is 6.35. The number of aliphatic hydroxyl groups is 1. The summed E-state index contributed by atoms with van der Waals surface area (Å²) in [5, 5.41) is 18.1. The molecular weight excluding hydrogens is 442 g/mol. The van der Waals surface area contributed by atoms with Crippen LogP contribution < -0.4 is 5.32 Å². The first kappa shape index (κ1) is 23.9. The van der Waals surface area contributed by atoms with Crippen LogP contribution in [0.4, 0.5) is 14.5 Å². The van der Waals surface area contributed by atoms with E-state index in [1.165, 1.54) is 18.3 Å². The van der Waals surface area contributed by atoms with E-state index in [4.69, 9.17) is 0 Å². The molecule has 0 saturated heterocycles. The number of carbonyl (C=O) groups is 2. The Bertz CT molecular complexity index is 1200. The molecule has 1 aliphatic rings. The van der Waals surface area contributed by atoms with Crippen molar-refractivity contribution in [2.75, 3.05) is 5.32 Å². The zero-order valence-corrected chi connectivity index (χ0v) is 19.4. The number of hydrogen-bond donors (Lipinski definition) is 2. The Kier molecular flexibility index (Phi) is 6.24. The van der Waals surface area contributed by atoms with E-state index >= 15 is 0 Å². The van der Waals surface area contributed by atoms with Crippen LogP contribution in [0.1, 0.15) is 74.2 Å². The van der Waals surface area contributed by atoms with Gasteiger partial charge in [0.1, 0.15) is 17.7 Å². The second kappa shape index (κ2) is 8.87. The Morgan fingerprint density at radius 3 is 2.44 bits per heavy atom. The highest BCUT2D eigenvalue weighted by Crippen LogP contribution is 2.41. The lowest BCUT2D eigenvalue weighted by molar-refractivity contribution is -0.112. The highest BCUT2D eigenvalue weighted by atomic mass is 19.3. The molecule has 0 atom stereocenters. The van der Waals surface area contributed by atoms with E-state index in [1.54, 1.807) is 36.7 Å². The van der Waals surface area contributed by atoms with Crippen LogP contribution in [0.15, 0.2) is 36.5 Å². The summed E-state index contributed by atoms with van der Waals surface area (Å²) >= 11 is 0. The Morgan fingerprint density at radius 2 is 1.88 bits per heavy atom. The van der Waals surface area contributed by atoms with Gasteiger partial charge < -0.3 is 15.2 Å². The van der Waals surface area contributed by atoms with Gasteiger partial charge in [0.25, 0.3) is 11.8 Å². The van der Waals surface area contributed by atoms with Crippen LogP contribution in [0.3, 0.4) is 0 Å². The maximum Gasteiger partial charge on any atom is 0.289 e. The second-order valence-corrected chi connectivity index (χ2v) is 9.53. The van der Waals surface area contributed by atoms with Gasteiger partial charge in [-0.25, -0.2) is 0 Å². The van der Waals surface area contributed by atoms with E-state index in [2.05, 4.69) is 15.4 Å². The molecule has 1 aromatic carbocycles. The van der Waals surface area contributed by atoms with Crippen molar-refractivity contribution in [2.45, 2.75) is 64.0 Å². The van der Waals surface area contributed by atoms with Gasteiger partial charge in [-0.1, -0.05) is 6.07 Å². The lowest BCUT2D eigenvalue weighted by Gasteiger charge is -2.27. The van der Waals surface area contributed by atoms with Crippen LogP contribution in [0.2, 0.25) is 0 Å². The summed E-state index contributed by atoms with van der Waals surface area (Å²) in [7, 11) is 0. The SMILES string of the molecule is CC(C)(O)c1cc2c(cc1NC(=O)c1ccccn1)c(C(C)(F)F)nn2C1CCC(C=O)CC1. The van der Waals surface area contributed by atoms with Crippen molar-refractivity contribution in [3.8, 4) is 0 Å². The van der Waals surface area contributed by atoms with Crippen LogP contribution >= 0.6 is 0 Å². The first-order valence-electron chi connectivity index (χ1n) is 11.3. The van der Waals surface area contributed by atoms with E-state index in [9.17, 15) is 23.5 Å². The molecule has 34 heavy (non-hydrogen) atoms. The first-order chi connectivity index (χ1) is 16.0. The molecule has 0 aliphatic heterocycles. The molecule has 0 unspecified atom stereocenters. The molecular formula is C25H28F2N4O3. The highest BCUT2D eigenvalue weighted by molar-refractivity contribution is 6.04. The van der Waals surface area contributed by atoms with E-state index in [1.807, 2.05) is 0 Å². The molecule has 2 heterocycles. The van der Waals surface area contributed by atoms with Gasteiger partial charge in [0, 0.05) is 35.7 Å². The van der Waals surface area contributed by atoms with Crippen LogP contribution in [0.5, 0.6) is 0 Å². The lowest BCUT2D eigenvalue weighted by Crippen LogP contribution is -2.22. The van der Waals surface area contributed by atoms with Gasteiger partial charge in [0.15, 0.2) is 0 Å². The van der Waals surface area contributed by atoms with Gasteiger partial charge >= 0.3 is 0 Å². The number of carbonyl (C=O) groups excluding carboxylic acids is 2. The number of nitrogens with zero attached hydrogens (tertiary/aromatic N) is 3. The average molecular weight is 471 g/mol. The van der Waals surface area contributed by atoms with Crippen LogP contribution in [-0.2, 0) is 16.3 Å². The summed E-state index contributed by atoms with van der Waals surface area (Å²) in [4.78, 5) is 27.9. The summed E-state index contributed by atoms with van der Waals surface area (Å²) in [5.41, 5.74) is -0.564. The number of alkyl halides is 2. The minimum absolute atomic E-state index is 0.0227. The fourth-order valence-corrected chi connectivity index (χ4v) is 4.56. The number of aldehydes is 1. The minimum Gasteiger partial charge on any atom is -0.386 e. The Balaban J connectivity index is 1.85. The smallest absolute Gasteiger partial charge is 0.289 e. The molecule has 0 bridgehead atoms. The van der Waals surface area contributed by atoms with Gasteiger partial charge in [0.2, 0.25) is 0 Å². The third kappa shape index (κ3) is 4.70. The number of fused-ring (bicyclic) bond motifs is 1. The van der Waals surface area contributed by atoms with Crippen molar-refractivity contribution in [2.24, 2.45) is 5.92 Å². The van der Waals surface area contributed by atoms with E-state index < -0.39 is 23.1 Å². The summed E-state index contributed by atoms with van der Waals surface area (Å²) in [6.45, 7) is 3.92.